The van der Waals surface area contributed by atoms with Gasteiger partial charge in [0, 0.05) is 6.54 Å². The average molecular weight is 199 g/mol. The van der Waals surface area contributed by atoms with E-state index in [-0.39, 0.29) is 0 Å². The summed E-state index contributed by atoms with van der Waals surface area (Å²) in [7, 11) is 0. The number of piperidine rings is 1. The van der Waals surface area contributed by atoms with Gasteiger partial charge in [0.2, 0.25) is 0 Å². The molecule has 3 atom stereocenters. The predicted molar refractivity (Wildman–Crippen MR) is 55.4 cm³/mol. The van der Waals surface area contributed by atoms with E-state index in [1.165, 1.54) is 25.7 Å². The molecule has 0 aromatic heterocycles. The highest BCUT2D eigenvalue weighted by Gasteiger charge is 2.23. The van der Waals surface area contributed by atoms with Gasteiger partial charge in [0.1, 0.15) is 0 Å². The van der Waals surface area contributed by atoms with Gasteiger partial charge < -0.3 is 14.8 Å². The largest absolute Gasteiger partial charge is 0.374 e. The maximum Gasteiger partial charge on any atom is 0.0813 e. The lowest BCUT2D eigenvalue weighted by atomic mass is 10.1. The minimum Gasteiger partial charge on any atom is -0.374 e. The van der Waals surface area contributed by atoms with Crippen LogP contribution in [-0.4, -0.2) is 38.0 Å². The molecule has 3 nitrogen and oxygen atoms in total. The molecular formula is C11H21NO2. The van der Waals surface area contributed by atoms with Gasteiger partial charge in [0.05, 0.1) is 24.9 Å². The standard InChI is InChI=1S/C11H21NO2/c1-9-4-5-11(14-9)8-13-10-3-2-6-12-7-10/h9-12H,2-8H2,1H3. The third-order valence-corrected chi connectivity index (χ3v) is 3.09. The third-order valence-electron chi connectivity index (χ3n) is 3.09. The van der Waals surface area contributed by atoms with Crippen molar-refractivity contribution in [3.63, 3.8) is 0 Å². The van der Waals surface area contributed by atoms with E-state index in [4.69, 9.17) is 9.47 Å². The molecule has 2 fully saturated rings. The van der Waals surface area contributed by atoms with E-state index in [0.717, 1.165) is 19.7 Å². The highest BCUT2D eigenvalue weighted by Crippen LogP contribution is 2.20. The van der Waals surface area contributed by atoms with Crippen molar-refractivity contribution < 1.29 is 9.47 Å². The highest BCUT2D eigenvalue weighted by atomic mass is 16.5. The quantitative estimate of drug-likeness (QED) is 0.743. The van der Waals surface area contributed by atoms with Crippen LogP contribution in [0.25, 0.3) is 0 Å². The van der Waals surface area contributed by atoms with Gasteiger partial charge in [-0.25, -0.2) is 0 Å². The number of hydrogen-bond donors (Lipinski definition) is 1. The van der Waals surface area contributed by atoms with Crippen molar-refractivity contribution in [1.29, 1.82) is 0 Å². The van der Waals surface area contributed by atoms with Crippen LogP contribution in [0.4, 0.5) is 0 Å². The fourth-order valence-corrected chi connectivity index (χ4v) is 2.21. The number of rotatable bonds is 3. The average Bonchev–Trinajstić information content (AvgIpc) is 2.63. The molecule has 2 heterocycles. The summed E-state index contributed by atoms with van der Waals surface area (Å²) in [6.07, 6.45) is 6.02. The van der Waals surface area contributed by atoms with E-state index in [0.29, 0.717) is 18.3 Å². The number of nitrogens with one attached hydrogen (secondary N) is 1. The fourth-order valence-electron chi connectivity index (χ4n) is 2.21. The van der Waals surface area contributed by atoms with Gasteiger partial charge in [0.25, 0.3) is 0 Å². The normalized spacial score (nSPS) is 38.8. The monoisotopic (exact) mass is 199 g/mol. The summed E-state index contributed by atoms with van der Waals surface area (Å²) in [5.41, 5.74) is 0. The van der Waals surface area contributed by atoms with E-state index in [2.05, 4.69) is 12.2 Å². The summed E-state index contributed by atoms with van der Waals surface area (Å²) in [5.74, 6) is 0. The molecule has 0 aliphatic carbocycles. The Labute approximate surface area is 86.2 Å². The predicted octanol–water partition coefficient (Wildman–Crippen LogP) is 1.32. The topological polar surface area (TPSA) is 30.5 Å². The molecule has 82 valence electrons. The molecule has 2 saturated heterocycles. The fraction of sp³-hybridized carbons (Fsp3) is 1.00. The van der Waals surface area contributed by atoms with Gasteiger partial charge in [-0.15, -0.1) is 0 Å². The first-order valence-corrected chi connectivity index (χ1v) is 5.82. The Kier molecular flexibility index (Phi) is 3.79. The van der Waals surface area contributed by atoms with Crippen molar-refractivity contribution in [2.24, 2.45) is 0 Å². The minimum atomic E-state index is 0.354. The zero-order chi connectivity index (χ0) is 9.80. The molecule has 2 rings (SSSR count). The van der Waals surface area contributed by atoms with Gasteiger partial charge >= 0.3 is 0 Å². The van der Waals surface area contributed by atoms with E-state index in [1.807, 2.05) is 0 Å². The van der Waals surface area contributed by atoms with E-state index in [1.54, 1.807) is 0 Å². The van der Waals surface area contributed by atoms with Gasteiger partial charge in [-0.3, -0.25) is 0 Å². The second-order valence-electron chi connectivity index (χ2n) is 4.45. The van der Waals surface area contributed by atoms with E-state index < -0.39 is 0 Å². The second kappa shape index (κ2) is 5.10. The maximum absolute atomic E-state index is 5.83. The molecule has 0 radical (unpaired) electrons. The molecule has 2 aliphatic heterocycles. The van der Waals surface area contributed by atoms with E-state index in [9.17, 15) is 0 Å². The molecule has 0 aromatic carbocycles. The van der Waals surface area contributed by atoms with Crippen molar-refractivity contribution in [2.75, 3.05) is 19.7 Å². The summed E-state index contributed by atoms with van der Waals surface area (Å²) in [6, 6.07) is 0. The maximum atomic E-state index is 5.83. The first-order chi connectivity index (χ1) is 6.84. The lowest BCUT2D eigenvalue weighted by Crippen LogP contribution is -2.36. The summed E-state index contributed by atoms with van der Waals surface area (Å²) >= 11 is 0. The summed E-state index contributed by atoms with van der Waals surface area (Å²) in [4.78, 5) is 0. The minimum absolute atomic E-state index is 0.354. The molecule has 0 aromatic rings. The second-order valence-corrected chi connectivity index (χ2v) is 4.45. The van der Waals surface area contributed by atoms with Crippen LogP contribution >= 0.6 is 0 Å². The van der Waals surface area contributed by atoms with Crippen molar-refractivity contribution in [2.45, 2.75) is 50.9 Å². The van der Waals surface area contributed by atoms with Gasteiger partial charge in [-0.05, 0) is 39.2 Å². The van der Waals surface area contributed by atoms with Crippen molar-refractivity contribution in [3.05, 3.63) is 0 Å². The van der Waals surface area contributed by atoms with Gasteiger partial charge in [0.15, 0.2) is 0 Å². The molecule has 1 N–H and O–H groups in total. The molecule has 14 heavy (non-hydrogen) atoms. The van der Waals surface area contributed by atoms with Crippen LogP contribution in [0.5, 0.6) is 0 Å². The Hall–Kier alpha value is -0.120. The summed E-state index contributed by atoms with van der Waals surface area (Å²) in [6.45, 7) is 5.10. The Morgan fingerprint density at radius 1 is 1.36 bits per heavy atom. The van der Waals surface area contributed by atoms with Crippen molar-refractivity contribution >= 4 is 0 Å². The van der Waals surface area contributed by atoms with Crippen LogP contribution in [0.2, 0.25) is 0 Å². The van der Waals surface area contributed by atoms with Gasteiger partial charge in [-0.1, -0.05) is 0 Å². The molecular weight excluding hydrogens is 178 g/mol. The van der Waals surface area contributed by atoms with Crippen LogP contribution in [-0.2, 0) is 9.47 Å². The summed E-state index contributed by atoms with van der Waals surface area (Å²) < 4.78 is 11.5. The third kappa shape index (κ3) is 2.94. The molecule has 2 aliphatic rings. The van der Waals surface area contributed by atoms with Crippen LogP contribution in [0.15, 0.2) is 0 Å². The van der Waals surface area contributed by atoms with Crippen LogP contribution in [0.1, 0.15) is 32.6 Å². The molecule has 3 unspecified atom stereocenters. The first kappa shape index (κ1) is 10.4. The molecule has 0 amide bonds. The van der Waals surface area contributed by atoms with Gasteiger partial charge in [-0.2, -0.15) is 0 Å². The summed E-state index contributed by atoms with van der Waals surface area (Å²) in [5, 5.41) is 3.35. The molecule has 0 bridgehead atoms. The van der Waals surface area contributed by atoms with Crippen LogP contribution in [0.3, 0.4) is 0 Å². The van der Waals surface area contributed by atoms with Crippen LogP contribution < -0.4 is 5.32 Å². The SMILES string of the molecule is CC1CCC(COC2CCCNC2)O1. The lowest BCUT2D eigenvalue weighted by molar-refractivity contribution is -0.0430. The lowest BCUT2D eigenvalue weighted by Gasteiger charge is -2.24. The molecule has 0 saturated carbocycles. The highest BCUT2D eigenvalue weighted by molar-refractivity contribution is 4.73. The Morgan fingerprint density at radius 2 is 2.29 bits per heavy atom. The number of ether oxygens (including phenoxy) is 2. The Bertz CT molecular complexity index is 164. The van der Waals surface area contributed by atoms with Crippen molar-refractivity contribution in [1.82, 2.24) is 5.32 Å². The van der Waals surface area contributed by atoms with Crippen molar-refractivity contribution in [3.8, 4) is 0 Å². The zero-order valence-electron chi connectivity index (χ0n) is 9.00. The van der Waals surface area contributed by atoms with E-state index >= 15 is 0 Å². The first-order valence-electron chi connectivity index (χ1n) is 5.82. The molecule has 3 heteroatoms. The smallest absolute Gasteiger partial charge is 0.0813 e. The molecule has 0 spiro atoms. The number of hydrogen-bond acceptors (Lipinski definition) is 3. The zero-order valence-corrected chi connectivity index (χ0v) is 9.00. The Morgan fingerprint density at radius 3 is 2.93 bits per heavy atom. The Balaban J connectivity index is 1.61. The van der Waals surface area contributed by atoms with Crippen LogP contribution in [0, 0.1) is 0 Å².